The normalized spacial score (nSPS) is 15.9. The standard InChI is InChI=1S/C12H23N4O2.C4H10.C2H6O.C2H6.K/c1-9(17)11(5-13)16-12(18)8-15-7-10-3-2-4-14-6-10;1-4(2)3;1-2-3;1-2;/h10-11,14H,2-8,13H2,1H3,(H,16,18);4H,1-3H3;3H,2H2,1H3;1-2H3;/q-1;;;;+1/t10-,11?;;;;/m0..../s1. The van der Waals surface area contributed by atoms with Crippen LogP contribution < -0.4 is 67.8 Å². The van der Waals surface area contributed by atoms with Gasteiger partial charge in [0, 0.05) is 13.2 Å². The second kappa shape index (κ2) is 27.6. The SMILES string of the molecule is CC.CC(=O)C(CN)NC(=O)C[N-]C[C@H]1CCCNC1.CC(C)C.CCO.[K+]. The third-order valence-corrected chi connectivity index (χ3v) is 3.10. The molecule has 0 spiro atoms. The molecule has 28 heavy (non-hydrogen) atoms. The Morgan fingerprint density at radius 2 is 1.79 bits per heavy atom. The first-order valence-electron chi connectivity index (χ1n) is 10.2. The molecule has 0 aromatic rings. The molecule has 0 aromatic heterocycles. The van der Waals surface area contributed by atoms with Gasteiger partial charge in [-0.2, -0.15) is 0 Å². The summed E-state index contributed by atoms with van der Waals surface area (Å²) < 4.78 is 0. The summed E-state index contributed by atoms with van der Waals surface area (Å²) in [7, 11) is 0. The Morgan fingerprint density at radius 3 is 2.14 bits per heavy atom. The number of piperidine rings is 1. The van der Waals surface area contributed by atoms with Crippen LogP contribution in [0.5, 0.6) is 0 Å². The summed E-state index contributed by atoms with van der Waals surface area (Å²) in [5.41, 5.74) is 5.39. The van der Waals surface area contributed by atoms with Crippen LogP contribution >= 0.6 is 0 Å². The van der Waals surface area contributed by atoms with Gasteiger partial charge in [-0.3, -0.25) is 9.59 Å². The summed E-state index contributed by atoms with van der Waals surface area (Å²) in [5.74, 6) is 1.01. The van der Waals surface area contributed by atoms with Crippen molar-refractivity contribution in [1.82, 2.24) is 10.6 Å². The molecule has 1 unspecified atom stereocenters. The third kappa shape index (κ3) is 28.8. The largest absolute Gasteiger partial charge is 1.00 e. The molecule has 1 amide bonds. The minimum absolute atomic E-state index is 0. The van der Waals surface area contributed by atoms with Crippen LogP contribution in [0.15, 0.2) is 0 Å². The van der Waals surface area contributed by atoms with Crippen LogP contribution in [0.4, 0.5) is 0 Å². The summed E-state index contributed by atoms with van der Waals surface area (Å²) in [5, 5.41) is 17.7. The van der Waals surface area contributed by atoms with E-state index in [1.54, 1.807) is 6.92 Å². The van der Waals surface area contributed by atoms with Gasteiger partial charge in [-0.15, -0.1) is 6.54 Å². The average molecular weight is 429 g/mol. The molecule has 0 radical (unpaired) electrons. The Bertz CT molecular complexity index is 337. The van der Waals surface area contributed by atoms with E-state index in [-0.39, 0.29) is 82.8 Å². The van der Waals surface area contributed by atoms with Gasteiger partial charge in [0.25, 0.3) is 0 Å². The number of hydrogen-bond donors (Lipinski definition) is 4. The summed E-state index contributed by atoms with van der Waals surface area (Å²) in [6.45, 7) is 16.8. The smallest absolute Gasteiger partial charge is 0.654 e. The second-order valence-corrected chi connectivity index (χ2v) is 6.79. The van der Waals surface area contributed by atoms with E-state index in [4.69, 9.17) is 10.8 Å². The number of carbonyl (C=O) groups is 2. The van der Waals surface area contributed by atoms with Crippen LogP contribution in [0.2, 0.25) is 0 Å². The van der Waals surface area contributed by atoms with E-state index >= 15 is 0 Å². The monoisotopic (exact) mass is 428 g/mol. The zero-order valence-corrected chi connectivity index (χ0v) is 22.8. The van der Waals surface area contributed by atoms with Gasteiger partial charge >= 0.3 is 51.4 Å². The Hall–Kier alpha value is 0.616. The molecule has 1 fully saturated rings. The fraction of sp³-hybridized carbons (Fsp3) is 0.900. The van der Waals surface area contributed by atoms with Crippen molar-refractivity contribution in [3.8, 4) is 0 Å². The first-order chi connectivity index (χ1) is 12.8. The molecule has 7 nitrogen and oxygen atoms in total. The molecule has 1 rings (SSSR count). The summed E-state index contributed by atoms with van der Waals surface area (Å²) in [6.07, 6.45) is 2.34. The van der Waals surface area contributed by atoms with Crippen molar-refractivity contribution in [2.75, 3.05) is 39.3 Å². The molecular formula is C20H45KN4O3. The molecule has 1 heterocycles. The van der Waals surface area contributed by atoms with E-state index in [0.717, 1.165) is 25.4 Å². The average Bonchev–Trinajstić information content (AvgIpc) is 2.62. The predicted molar refractivity (Wildman–Crippen MR) is 115 cm³/mol. The van der Waals surface area contributed by atoms with E-state index < -0.39 is 6.04 Å². The molecule has 2 atom stereocenters. The molecule has 0 aliphatic carbocycles. The maximum Gasteiger partial charge on any atom is 1.00 e. The van der Waals surface area contributed by atoms with Crippen molar-refractivity contribution in [2.24, 2.45) is 17.6 Å². The molecule has 0 bridgehead atoms. The van der Waals surface area contributed by atoms with Crippen molar-refractivity contribution in [3.05, 3.63) is 5.32 Å². The first-order valence-corrected chi connectivity index (χ1v) is 10.2. The van der Waals surface area contributed by atoms with Crippen molar-refractivity contribution in [3.63, 3.8) is 0 Å². The Morgan fingerprint density at radius 1 is 1.29 bits per heavy atom. The number of amides is 1. The van der Waals surface area contributed by atoms with E-state index in [9.17, 15) is 9.59 Å². The molecule has 5 N–H and O–H groups in total. The van der Waals surface area contributed by atoms with Crippen molar-refractivity contribution in [1.29, 1.82) is 0 Å². The number of aliphatic hydroxyl groups excluding tert-OH is 1. The van der Waals surface area contributed by atoms with E-state index in [1.807, 2.05) is 13.8 Å². The third-order valence-electron chi connectivity index (χ3n) is 3.10. The van der Waals surface area contributed by atoms with E-state index in [1.165, 1.54) is 13.3 Å². The Balaban J connectivity index is -0.000000245. The summed E-state index contributed by atoms with van der Waals surface area (Å²) >= 11 is 0. The number of aliphatic hydroxyl groups is 1. The van der Waals surface area contributed by atoms with Crippen LogP contribution in [0.25, 0.3) is 5.32 Å². The second-order valence-electron chi connectivity index (χ2n) is 6.79. The van der Waals surface area contributed by atoms with Gasteiger partial charge in [0.15, 0.2) is 11.7 Å². The number of Topliss-reactive ketones (excluding diaryl/α,β-unsaturated/α-hetero) is 1. The van der Waals surface area contributed by atoms with Gasteiger partial charge in [0.2, 0.25) is 0 Å². The molecular weight excluding hydrogens is 383 g/mol. The Labute approximate surface area is 216 Å². The topological polar surface area (TPSA) is 119 Å². The minimum Gasteiger partial charge on any atom is -0.654 e. The molecule has 0 saturated carbocycles. The summed E-state index contributed by atoms with van der Waals surface area (Å²) in [4.78, 5) is 22.6. The fourth-order valence-corrected chi connectivity index (χ4v) is 1.99. The zero-order valence-electron chi connectivity index (χ0n) is 19.7. The molecule has 0 aromatic carbocycles. The maximum absolute atomic E-state index is 11.5. The van der Waals surface area contributed by atoms with Crippen molar-refractivity contribution in [2.45, 2.75) is 67.3 Å². The molecule has 164 valence electrons. The van der Waals surface area contributed by atoms with Crippen LogP contribution in [-0.2, 0) is 9.59 Å². The van der Waals surface area contributed by atoms with Gasteiger partial charge in [-0.05, 0) is 51.6 Å². The van der Waals surface area contributed by atoms with Crippen LogP contribution in [0, 0.1) is 11.8 Å². The molecule has 1 aliphatic heterocycles. The predicted octanol–water partition coefficient (Wildman–Crippen LogP) is -0.917. The van der Waals surface area contributed by atoms with Crippen LogP contribution in [0.3, 0.4) is 0 Å². The van der Waals surface area contributed by atoms with Crippen LogP contribution in [-0.4, -0.2) is 62.2 Å². The molecule has 1 saturated heterocycles. The Kier molecular flexibility index (Phi) is 35.5. The number of carbonyl (C=O) groups excluding carboxylic acids is 2. The van der Waals surface area contributed by atoms with Crippen molar-refractivity contribution < 1.29 is 66.1 Å². The summed E-state index contributed by atoms with van der Waals surface area (Å²) in [6, 6.07) is -0.580. The fourth-order valence-electron chi connectivity index (χ4n) is 1.99. The first kappa shape index (κ1) is 36.0. The van der Waals surface area contributed by atoms with Gasteiger partial charge in [0.05, 0.1) is 6.04 Å². The maximum atomic E-state index is 11.5. The van der Waals surface area contributed by atoms with Gasteiger partial charge < -0.3 is 26.8 Å². The number of ketones is 1. The van der Waals surface area contributed by atoms with Gasteiger partial charge in [-0.25, -0.2) is 0 Å². The zero-order chi connectivity index (χ0) is 21.7. The van der Waals surface area contributed by atoms with Gasteiger partial charge in [-0.1, -0.05) is 41.2 Å². The minimum atomic E-state index is -0.580. The number of nitrogens with two attached hydrogens (primary N) is 1. The number of nitrogens with zero attached hydrogens (tertiary/aromatic N) is 1. The number of nitrogens with one attached hydrogen (secondary N) is 2. The molecule has 8 heteroatoms. The van der Waals surface area contributed by atoms with Crippen LogP contribution in [0.1, 0.15) is 61.3 Å². The number of hydrogen-bond acceptors (Lipinski definition) is 5. The van der Waals surface area contributed by atoms with Crippen molar-refractivity contribution >= 4 is 11.7 Å². The number of rotatable bonds is 7. The van der Waals surface area contributed by atoms with E-state index in [0.29, 0.717) is 12.5 Å². The van der Waals surface area contributed by atoms with E-state index in [2.05, 4.69) is 36.7 Å². The quantitative estimate of drug-likeness (QED) is 0.391. The molecule has 1 aliphatic rings. The van der Waals surface area contributed by atoms with Gasteiger partial charge in [0.1, 0.15) is 0 Å².